The van der Waals surface area contributed by atoms with E-state index in [0.29, 0.717) is 4.88 Å². The molecule has 0 aliphatic carbocycles. The van der Waals surface area contributed by atoms with Gasteiger partial charge in [0.15, 0.2) is 0 Å². The van der Waals surface area contributed by atoms with Crippen LogP contribution in [0.4, 0.5) is 0 Å². The van der Waals surface area contributed by atoms with E-state index in [0.717, 1.165) is 3.79 Å². The summed E-state index contributed by atoms with van der Waals surface area (Å²) in [6, 6.07) is 1.54. The second-order valence-electron chi connectivity index (χ2n) is 3.90. The predicted molar refractivity (Wildman–Crippen MR) is 73.4 cm³/mol. The third kappa shape index (κ3) is 4.04. The second-order valence-corrected chi connectivity index (χ2v) is 8.27. The van der Waals surface area contributed by atoms with Gasteiger partial charge in [0.1, 0.15) is 0 Å². The van der Waals surface area contributed by atoms with Crippen molar-refractivity contribution in [2.45, 2.75) is 25.2 Å². The number of carbonyl (C=O) groups is 1. The van der Waals surface area contributed by atoms with Gasteiger partial charge in [-0.25, -0.2) is 13.1 Å². The summed E-state index contributed by atoms with van der Waals surface area (Å²) >= 11 is 4.58. The minimum atomic E-state index is -3.55. The number of aryl methyl sites for hydroxylation is 1. The highest BCUT2D eigenvalue weighted by Crippen LogP contribution is 2.29. The number of sulfonamides is 1. The number of hydrogen-bond donors (Lipinski definition) is 2. The SMILES string of the molecule is Cc1sc(Br)cc1S(=O)(=O)NCCC(C)C(=O)O. The number of hydrogen-bond acceptors (Lipinski definition) is 4. The molecule has 0 spiro atoms. The van der Waals surface area contributed by atoms with Crippen LogP contribution in [-0.4, -0.2) is 26.0 Å². The molecule has 8 heteroatoms. The molecule has 0 fully saturated rings. The molecular formula is C10H14BrNO4S2. The number of rotatable bonds is 6. The van der Waals surface area contributed by atoms with Crippen molar-refractivity contribution in [1.29, 1.82) is 0 Å². The van der Waals surface area contributed by atoms with Gasteiger partial charge in [-0.1, -0.05) is 6.92 Å². The van der Waals surface area contributed by atoms with Gasteiger partial charge >= 0.3 is 5.97 Å². The number of carboxylic acids is 1. The molecule has 0 aliphatic rings. The smallest absolute Gasteiger partial charge is 0.306 e. The molecule has 0 saturated heterocycles. The molecule has 1 atom stereocenters. The highest BCUT2D eigenvalue weighted by molar-refractivity contribution is 9.11. The summed E-state index contributed by atoms with van der Waals surface area (Å²) in [6.45, 7) is 3.38. The summed E-state index contributed by atoms with van der Waals surface area (Å²) in [5.41, 5.74) is 0. The van der Waals surface area contributed by atoms with Crippen molar-refractivity contribution in [2.75, 3.05) is 6.54 Å². The zero-order valence-corrected chi connectivity index (χ0v) is 13.2. The highest BCUT2D eigenvalue weighted by Gasteiger charge is 2.20. The molecular weight excluding hydrogens is 342 g/mol. The standard InChI is InChI=1S/C10H14BrNO4S2/c1-6(10(13)14)3-4-12-18(15,16)8-5-9(11)17-7(8)2/h5-6,12H,3-4H2,1-2H3,(H,13,14). The van der Waals surface area contributed by atoms with Crippen molar-refractivity contribution in [3.05, 3.63) is 14.7 Å². The normalized spacial score (nSPS) is 13.5. The van der Waals surface area contributed by atoms with Gasteiger partial charge in [0.25, 0.3) is 0 Å². The Bertz CT molecular complexity index is 538. The second kappa shape index (κ2) is 6.14. The molecule has 0 bridgehead atoms. The van der Waals surface area contributed by atoms with Gasteiger partial charge in [0.05, 0.1) is 14.6 Å². The van der Waals surface area contributed by atoms with Gasteiger partial charge in [0, 0.05) is 11.4 Å². The van der Waals surface area contributed by atoms with Gasteiger partial charge in [-0.2, -0.15) is 0 Å². The fourth-order valence-corrected chi connectivity index (χ4v) is 4.77. The minimum Gasteiger partial charge on any atom is -0.481 e. The van der Waals surface area contributed by atoms with Crippen LogP contribution in [0.3, 0.4) is 0 Å². The molecule has 1 rings (SSSR count). The van der Waals surface area contributed by atoms with Gasteiger partial charge in [0.2, 0.25) is 10.0 Å². The molecule has 18 heavy (non-hydrogen) atoms. The first kappa shape index (κ1) is 15.6. The number of nitrogens with one attached hydrogen (secondary N) is 1. The number of aliphatic carboxylic acids is 1. The van der Waals surface area contributed by atoms with Crippen molar-refractivity contribution in [3.63, 3.8) is 0 Å². The summed E-state index contributed by atoms with van der Waals surface area (Å²) in [4.78, 5) is 11.5. The van der Waals surface area contributed by atoms with Crippen molar-refractivity contribution in [2.24, 2.45) is 5.92 Å². The lowest BCUT2D eigenvalue weighted by Crippen LogP contribution is -2.27. The Labute approximate surface area is 118 Å². The fraction of sp³-hybridized carbons (Fsp3) is 0.500. The molecule has 0 aliphatic heterocycles. The first-order valence-corrected chi connectivity index (χ1v) is 8.31. The molecule has 1 heterocycles. The van der Waals surface area contributed by atoms with Crippen LogP contribution in [0.15, 0.2) is 14.7 Å². The molecule has 1 aromatic rings. The van der Waals surface area contributed by atoms with Crippen LogP contribution >= 0.6 is 27.3 Å². The molecule has 5 nitrogen and oxygen atoms in total. The monoisotopic (exact) mass is 355 g/mol. The van der Waals surface area contributed by atoms with Crippen LogP contribution in [0, 0.1) is 12.8 Å². The van der Waals surface area contributed by atoms with Crippen LogP contribution < -0.4 is 4.72 Å². The third-order valence-corrected chi connectivity index (χ3v) is 5.69. The molecule has 2 N–H and O–H groups in total. The van der Waals surface area contributed by atoms with E-state index >= 15 is 0 Å². The van der Waals surface area contributed by atoms with E-state index < -0.39 is 21.9 Å². The largest absolute Gasteiger partial charge is 0.481 e. The van der Waals surface area contributed by atoms with Crippen molar-refractivity contribution < 1.29 is 18.3 Å². The van der Waals surface area contributed by atoms with Crippen LogP contribution in [0.1, 0.15) is 18.2 Å². The maximum absolute atomic E-state index is 11.9. The lowest BCUT2D eigenvalue weighted by molar-refractivity contribution is -0.141. The molecule has 1 unspecified atom stereocenters. The van der Waals surface area contributed by atoms with Crippen LogP contribution in [-0.2, 0) is 14.8 Å². The summed E-state index contributed by atoms with van der Waals surface area (Å²) < 4.78 is 27.0. The van der Waals surface area contributed by atoms with E-state index in [1.807, 2.05) is 0 Å². The van der Waals surface area contributed by atoms with Gasteiger partial charge in [-0.05, 0) is 35.3 Å². The van der Waals surface area contributed by atoms with E-state index in [4.69, 9.17) is 5.11 Å². The number of halogens is 1. The Morgan fingerprint density at radius 3 is 2.67 bits per heavy atom. The number of thiophene rings is 1. The summed E-state index contributed by atoms with van der Waals surface area (Å²) in [5, 5.41) is 8.69. The van der Waals surface area contributed by atoms with E-state index in [-0.39, 0.29) is 17.9 Å². The molecule has 1 aromatic heterocycles. The quantitative estimate of drug-likeness (QED) is 0.819. The zero-order chi connectivity index (χ0) is 13.9. The molecule has 0 aromatic carbocycles. The maximum Gasteiger partial charge on any atom is 0.306 e. The lowest BCUT2D eigenvalue weighted by Gasteiger charge is -2.08. The Kier molecular flexibility index (Phi) is 5.32. The molecule has 102 valence electrons. The van der Waals surface area contributed by atoms with Crippen LogP contribution in [0.5, 0.6) is 0 Å². The maximum atomic E-state index is 11.9. The highest BCUT2D eigenvalue weighted by atomic mass is 79.9. The molecule has 0 radical (unpaired) electrons. The van der Waals surface area contributed by atoms with Crippen molar-refractivity contribution in [1.82, 2.24) is 4.72 Å². The Hall–Kier alpha value is -0.440. The lowest BCUT2D eigenvalue weighted by atomic mass is 10.1. The van der Waals surface area contributed by atoms with E-state index in [1.165, 1.54) is 11.3 Å². The van der Waals surface area contributed by atoms with E-state index in [1.54, 1.807) is 19.9 Å². The van der Waals surface area contributed by atoms with E-state index in [2.05, 4.69) is 20.7 Å². The predicted octanol–water partition coefficient (Wildman–Crippen LogP) is 2.21. The van der Waals surface area contributed by atoms with Crippen molar-refractivity contribution >= 4 is 43.3 Å². The Morgan fingerprint density at radius 2 is 2.22 bits per heavy atom. The summed E-state index contributed by atoms with van der Waals surface area (Å²) in [5.74, 6) is -1.49. The average molecular weight is 356 g/mol. The zero-order valence-electron chi connectivity index (χ0n) is 9.94. The minimum absolute atomic E-state index is 0.114. The van der Waals surface area contributed by atoms with Crippen LogP contribution in [0.2, 0.25) is 0 Å². The molecule has 0 amide bonds. The first-order valence-electron chi connectivity index (χ1n) is 5.22. The number of carboxylic acid groups (broad SMARTS) is 1. The molecule has 0 saturated carbocycles. The third-order valence-electron chi connectivity index (χ3n) is 2.42. The summed E-state index contributed by atoms with van der Waals surface area (Å²) in [7, 11) is -3.55. The Balaban J connectivity index is 2.66. The van der Waals surface area contributed by atoms with Crippen molar-refractivity contribution in [3.8, 4) is 0 Å². The Morgan fingerprint density at radius 1 is 1.61 bits per heavy atom. The van der Waals surface area contributed by atoms with E-state index in [9.17, 15) is 13.2 Å². The van der Waals surface area contributed by atoms with Crippen LogP contribution in [0.25, 0.3) is 0 Å². The summed E-state index contributed by atoms with van der Waals surface area (Å²) in [6.07, 6.45) is 0.263. The van der Waals surface area contributed by atoms with Gasteiger partial charge in [-0.15, -0.1) is 11.3 Å². The average Bonchev–Trinajstić information content (AvgIpc) is 2.58. The topological polar surface area (TPSA) is 83.5 Å². The first-order chi connectivity index (χ1) is 8.24. The fourth-order valence-electron chi connectivity index (χ4n) is 1.31. The van der Waals surface area contributed by atoms with Gasteiger partial charge in [-0.3, -0.25) is 4.79 Å². The van der Waals surface area contributed by atoms with Gasteiger partial charge < -0.3 is 5.11 Å².